The number of aliphatic hydroxyl groups excluding tert-OH is 1. The number of likely N-dealkylation sites (tertiary alicyclic amines) is 1. The van der Waals surface area contributed by atoms with Crippen LogP contribution in [0.1, 0.15) is 78.6 Å². The maximum Gasteiger partial charge on any atom is 0.318 e. The van der Waals surface area contributed by atoms with E-state index in [0.29, 0.717) is 58.4 Å². The molecule has 1 aromatic carbocycles. The zero-order valence-corrected chi connectivity index (χ0v) is 29.7. The van der Waals surface area contributed by atoms with Gasteiger partial charge in [-0.3, -0.25) is 19.6 Å². The Hall–Kier alpha value is -4.44. The van der Waals surface area contributed by atoms with Gasteiger partial charge in [0.05, 0.1) is 22.9 Å². The van der Waals surface area contributed by atoms with E-state index >= 15 is 8.78 Å². The zero-order chi connectivity index (χ0) is 36.4. The van der Waals surface area contributed by atoms with Crippen molar-refractivity contribution in [3.63, 3.8) is 0 Å². The van der Waals surface area contributed by atoms with E-state index in [1.807, 2.05) is 19.1 Å². The van der Waals surface area contributed by atoms with Gasteiger partial charge in [0, 0.05) is 75.7 Å². The number of terminal acetylenes is 1. The van der Waals surface area contributed by atoms with E-state index in [1.54, 1.807) is 18.5 Å². The van der Waals surface area contributed by atoms with Crippen molar-refractivity contribution in [1.82, 2.24) is 30.1 Å². The van der Waals surface area contributed by atoms with E-state index in [-0.39, 0.29) is 36.2 Å². The molecule has 52 heavy (non-hydrogen) atoms. The molecule has 5 atom stereocenters. The van der Waals surface area contributed by atoms with Gasteiger partial charge < -0.3 is 20.1 Å². The number of amides is 1. The lowest BCUT2D eigenvalue weighted by Crippen LogP contribution is -2.46. The molecule has 274 valence electrons. The molecule has 1 amide bonds. The van der Waals surface area contributed by atoms with Crippen LogP contribution in [0.4, 0.5) is 14.6 Å². The Balaban J connectivity index is 1.21. The standard InChI is InChI=1S/C40H47F2N7O3/c1-4-31-33(42)12-11-27-17-30(50)18-35(37(27)31)47-16-13-32-34(24-47)45-39(46-38(32)48-15-7-6-10-29(23-48)44-36(51)5-2)52-25-40(3)19-28(41)22-49(40)21-26-9-8-14-43-20-26/h1,5,8-9,11-12,14,20,28-30,35,50H,2,6-7,10,13,15-19,21-25H2,3H3,(H,44,51)/t28-,29?,30-,35-,40+/m1/s1. The molecular weight excluding hydrogens is 664 g/mol. The van der Waals surface area contributed by atoms with Crippen LogP contribution < -0.4 is 15.0 Å². The summed E-state index contributed by atoms with van der Waals surface area (Å²) in [7, 11) is 0. The number of benzene rings is 1. The predicted molar refractivity (Wildman–Crippen MR) is 194 cm³/mol. The van der Waals surface area contributed by atoms with Crippen molar-refractivity contribution in [2.75, 3.05) is 37.7 Å². The molecule has 2 fully saturated rings. The molecule has 12 heteroatoms. The summed E-state index contributed by atoms with van der Waals surface area (Å²) >= 11 is 0. The SMILES string of the molecule is C#Cc1c(F)ccc2c1[C@H](N1CCc3c(nc(OC[C@]4(C)C[C@@H](F)CN4Cc4cccnc4)nc3N3CCCCC(NC(=O)C=C)C3)C1)C[C@H](O)C2. The Morgan fingerprint density at radius 2 is 2.12 bits per heavy atom. The van der Waals surface area contributed by atoms with Gasteiger partial charge in [-0.2, -0.15) is 9.97 Å². The Kier molecular flexibility index (Phi) is 10.6. The van der Waals surface area contributed by atoms with E-state index in [2.05, 4.69) is 37.5 Å². The minimum absolute atomic E-state index is 0.0831. The number of halogens is 2. The maximum absolute atomic E-state index is 15.0. The van der Waals surface area contributed by atoms with Crippen LogP contribution in [0.2, 0.25) is 0 Å². The molecule has 10 nitrogen and oxygen atoms in total. The molecular formula is C40H47F2N7O3. The third-order valence-electron chi connectivity index (χ3n) is 11.2. The summed E-state index contributed by atoms with van der Waals surface area (Å²) in [6.45, 7) is 9.02. The smallest absolute Gasteiger partial charge is 0.318 e. The number of carbonyl (C=O) groups is 1. The summed E-state index contributed by atoms with van der Waals surface area (Å²) in [5.41, 5.74) is 4.05. The highest BCUT2D eigenvalue weighted by Gasteiger charge is 2.43. The molecule has 5 heterocycles. The summed E-state index contributed by atoms with van der Waals surface area (Å²) in [6.07, 6.45) is 13.6. The monoisotopic (exact) mass is 711 g/mol. The number of carbonyl (C=O) groups excluding carboxylic acids is 1. The fourth-order valence-electron chi connectivity index (χ4n) is 8.57. The zero-order valence-electron chi connectivity index (χ0n) is 29.7. The van der Waals surface area contributed by atoms with Crippen LogP contribution in [0.3, 0.4) is 0 Å². The fraction of sp³-hybridized carbons (Fsp3) is 0.500. The minimum Gasteiger partial charge on any atom is -0.461 e. The largest absolute Gasteiger partial charge is 0.461 e. The van der Waals surface area contributed by atoms with Gasteiger partial charge in [0.1, 0.15) is 24.4 Å². The third kappa shape index (κ3) is 7.54. The second-order valence-corrected chi connectivity index (χ2v) is 14.9. The van der Waals surface area contributed by atoms with E-state index in [4.69, 9.17) is 21.1 Å². The number of anilines is 1. The molecule has 2 N–H and O–H groups in total. The van der Waals surface area contributed by atoms with E-state index in [0.717, 1.165) is 59.6 Å². The van der Waals surface area contributed by atoms with Crippen molar-refractivity contribution < 1.29 is 23.4 Å². The van der Waals surface area contributed by atoms with Gasteiger partial charge in [0.15, 0.2) is 0 Å². The minimum atomic E-state index is -0.995. The molecule has 3 aromatic rings. The van der Waals surface area contributed by atoms with Crippen molar-refractivity contribution in [2.24, 2.45) is 0 Å². The van der Waals surface area contributed by atoms with Crippen LogP contribution in [0.15, 0.2) is 49.3 Å². The van der Waals surface area contributed by atoms with Crippen molar-refractivity contribution >= 4 is 11.7 Å². The van der Waals surface area contributed by atoms with Gasteiger partial charge in [0.25, 0.3) is 0 Å². The molecule has 0 spiro atoms. The first-order valence-electron chi connectivity index (χ1n) is 18.3. The summed E-state index contributed by atoms with van der Waals surface area (Å²) in [5.74, 6) is 2.70. The average molecular weight is 712 g/mol. The van der Waals surface area contributed by atoms with Crippen LogP contribution in [0.5, 0.6) is 6.01 Å². The number of ether oxygens (including phenoxy) is 1. The van der Waals surface area contributed by atoms with Crippen molar-refractivity contribution in [3.8, 4) is 18.4 Å². The van der Waals surface area contributed by atoms with Crippen molar-refractivity contribution in [2.45, 2.75) is 94.9 Å². The summed E-state index contributed by atoms with van der Waals surface area (Å²) in [5, 5.41) is 14.0. The van der Waals surface area contributed by atoms with Crippen LogP contribution in [-0.4, -0.2) is 92.4 Å². The molecule has 0 bridgehead atoms. The lowest BCUT2D eigenvalue weighted by molar-refractivity contribution is -0.117. The second kappa shape index (κ2) is 15.3. The number of hydrogen-bond donors (Lipinski definition) is 2. The highest BCUT2D eigenvalue weighted by molar-refractivity contribution is 5.87. The highest BCUT2D eigenvalue weighted by Crippen LogP contribution is 2.41. The van der Waals surface area contributed by atoms with Gasteiger partial charge in [0.2, 0.25) is 5.91 Å². The van der Waals surface area contributed by atoms with E-state index in [1.165, 1.54) is 12.1 Å². The first-order chi connectivity index (χ1) is 25.1. The van der Waals surface area contributed by atoms with Crippen LogP contribution >= 0.6 is 0 Å². The summed E-state index contributed by atoms with van der Waals surface area (Å²) in [6, 6.07) is 6.81. The number of hydrogen-bond acceptors (Lipinski definition) is 9. The average Bonchev–Trinajstić information content (AvgIpc) is 3.26. The topological polar surface area (TPSA) is 107 Å². The molecule has 4 aliphatic rings. The number of nitrogens with one attached hydrogen (secondary N) is 1. The van der Waals surface area contributed by atoms with Gasteiger partial charge in [-0.05, 0) is 80.3 Å². The lowest BCUT2D eigenvalue weighted by atomic mass is 9.81. The molecule has 1 unspecified atom stereocenters. The Morgan fingerprint density at radius 1 is 1.25 bits per heavy atom. The Labute approximate surface area is 304 Å². The van der Waals surface area contributed by atoms with Gasteiger partial charge in [-0.15, -0.1) is 6.42 Å². The molecule has 3 aliphatic heterocycles. The number of fused-ring (bicyclic) bond motifs is 2. The van der Waals surface area contributed by atoms with Crippen LogP contribution in [0, 0.1) is 18.2 Å². The first kappa shape index (κ1) is 35.9. The fourth-order valence-corrected chi connectivity index (χ4v) is 8.57. The van der Waals surface area contributed by atoms with Crippen molar-refractivity contribution in [3.05, 3.63) is 88.6 Å². The number of aliphatic hydroxyl groups is 1. The quantitative estimate of drug-likeness (QED) is 0.246. The second-order valence-electron chi connectivity index (χ2n) is 14.9. The molecule has 1 aliphatic carbocycles. The molecule has 0 radical (unpaired) electrons. The number of nitrogens with zero attached hydrogens (tertiary/aromatic N) is 6. The number of aromatic nitrogens is 3. The lowest BCUT2D eigenvalue weighted by Gasteiger charge is -2.41. The van der Waals surface area contributed by atoms with E-state index in [9.17, 15) is 9.90 Å². The summed E-state index contributed by atoms with van der Waals surface area (Å²) in [4.78, 5) is 33.1. The highest BCUT2D eigenvalue weighted by atomic mass is 19.1. The third-order valence-corrected chi connectivity index (χ3v) is 11.2. The first-order valence-corrected chi connectivity index (χ1v) is 18.3. The van der Waals surface area contributed by atoms with Crippen LogP contribution in [0.25, 0.3) is 0 Å². The Bertz CT molecular complexity index is 1840. The molecule has 7 rings (SSSR count). The number of alkyl halides is 1. The normalized spacial score (nSPS) is 26.5. The Morgan fingerprint density at radius 3 is 2.90 bits per heavy atom. The molecule has 2 aromatic heterocycles. The van der Waals surface area contributed by atoms with Crippen molar-refractivity contribution in [1.29, 1.82) is 0 Å². The van der Waals surface area contributed by atoms with Gasteiger partial charge in [-0.25, -0.2) is 8.78 Å². The van der Waals surface area contributed by atoms with Gasteiger partial charge >= 0.3 is 6.01 Å². The predicted octanol–water partition coefficient (Wildman–Crippen LogP) is 4.44. The van der Waals surface area contributed by atoms with Crippen LogP contribution in [-0.2, 0) is 30.7 Å². The number of rotatable bonds is 9. The van der Waals surface area contributed by atoms with Gasteiger partial charge in [-0.1, -0.05) is 24.6 Å². The van der Waals surface area contributed by atoms with E-state index < -0.39 is 23.6 Å². The molecule has 0 saturated carbocycles. The molecule has 2 saturated heterocycles. The summed E-state index contributed by atoms with van der Waals surface area (Å²) < 4.78 is 36.5. The number of pyridine rings is 1. The maximum atomic E-state index is 15.0.